The first kappa shape index (κ1) is 21.4. The molecule has 0 amide bonds. The minimum atomic E-state index is -1.40. The lowest BCUT2D eigenvalue weighted by Crippen LogP contribution is -2.25. The van der Waals surface area contributed by atoms with Gasteiger partial charge in [-0.25, -0.2) is 9.18 Å². The maximum atomic E-state index is 13.6. The van der Waals surface area contributed by atoms with Crippen molar-refractivity contribution < 1.29 is 14.3 Å². The SMILES string of the molecule is CCn1c(C)c(-c2ccc(Cl)cc2Cl)c(=O)c(C(=O)O)c1-c1ccc(F)c(Cl)c1. The van der Waals surface area contributed by atoms with Crippen LogP contribution >= 0.6 is 34.8 Å². The van der Waals surface area contributed by atoms with Crippen molar-refractivity contribution in [2.45, 2.75) is 20.4 Å². The van der Waals surface area contributed by atoms with Crippen molar-refractivity contribution in [3.8, 4) is 22.4 Å². The normalized spacial score (nSPS) is 11.0. The number of nitrogens with zero attached hydrogens (tertiary/aromatic N) is 1. The van der Waals surface area contributed by atoms with E-state index in [2.05, 4.69) is 0 Å². The van der Waals surface area contributed by atoms with E-state index in [1.165, 1.54) is 18.2 Å². The molecule has 2 aromatic carbocycles. The predicted octanol–water partition coefficient (Wildman–Crippen LogP) is 6.31. The van der Waals surface area contributed by atoms with E-state index in [0.29, 0.717) is 28.4 Å². The summed E-state index contributed by atoms with van der Waals surface area (Å²) in [6.45, 7) is 3.87. The van der Waals surface area contributed by atoms with E-state index in [1.807, 2.05) is 6.92 Å². The average Bonchev–Trinajstić information content (AvgIpc) is 2.65. The van der Waals surface area contributed by atoms with Crippen molar-refractivity contribution in [3.63, 3.8) is 0 Å². The van der Waals surface area contributed by atoms with Crippen molar-refractivity contribution in [2.24, 2.45) is 0 Å². The minimum absolute atomic E-state index is 0.151. The molecule has 8 heteroatoms. The molecular weight excluding hydrogens is 440 g/mol. The van der Waals surface area contributed by atoms with Gasteiger partial charge in [0.25, 0.3) is 0 Å². The molecule has 0 bridgehead atoms. The molecule has 0 atom stereocenters. The smallest absolute Gasteiger partial charge is 0.341 e. The molecule has 0 radical (unpaired) electrons. The molecule has 0 saturated carbocycles. The zero-order valence-corrected chi connectivity index (χ0v) is 17.7. The summed E-state index contributed by atoms with van der Waals surface area (Å²) in [5.41, 5.74) is 0.403. The molecule has 1 aromatic heterocycles. The second-order valence-electron chi connectivity index (χ2n) is 6.32. The van der Waals surface area contributed by atoms with Crippen LogP contribution in [0.4, 0.5) is 4.39 Å². The minimum Gasteiger partial charge on any atom is -0.477 e. The van der Waals surface area contributed by atoms with Crippen molar-refractivity contribution >= 4 is 40.8 Å². The lowest BCUT2D eigenvalue weighted by molar-refractivity contribution is 0.0695. The highest BCUT2D eigenvalue weighted by atomic mass is 35.5. The highest BCUT2D eigenvalue weighted by Gasteiger charge is 2.26. The summed E-state index contributed by atoms with van der Waals surface area (Å²) in [7, 11) is 0. The van der Waals surface area contributed by atoms with Gasteiger partial charge in [-0.3, -0.25) is 4.79 Å². The number of aromatic nitrogens is 1. The largest absolute Gasteiger partial charge is 0.477 e. The highest BCUT2D eigenvalue weighted by molar-refractivity contribution is 6.36. The van der Waals surface area contributed by atoms with E-state index in [4.69, 9.17) is 34.8 Å². The molecule has 4 nitrogen and oxygen atoms in total. The maximum absolute atomic E-state index is 13.6. The van der Waals surface area contributed by atoms with Crippen LogP contribution in [0.1, 0.15) is 23.0 Å². The van der Waals surface area contributed by atoms with E-state index in [0.717, 1.165) is 6.07 Å². The van der Waals surface area contributed by atoms with E-state index in [1.54, 1.807) is 23.6 Å². The number of hydrogen-bond acceptors (Lipinski definition) is 2. The Hall–Kier alpha value is -2.34. The molecule has 0 saturated heterocycles. The second kappa shape index (κ2) is 8.19. The Morgan fingerprint density at radius 3 is 2.34 bits per heavy atom. The number of pyridine rings is 1. The van der Waals surface area contributed by atoms with Gasteiger partial charge in [-0.1, -0.05) is 40.9 Å². The molecule has 0 fully saturated rings. The van der Waals surface area contributed by atoms with Crippen molar-refractivity contribution in [1.29, 1.82) is 0 Å². The fourth-order valence-corrected chi connectivity index (χ4v) is 4.06. The Balaban J connectivity index is 2.47. The molecule has 0 aliphatic rings. The van der Waals surface area contributed by atoms with Gasteiger partial charge in [0.05, 0.1) is 21.3 Å². The van der Waals surface area contributed by atoms with Gasteiger partial charge in [-0.2, -0.15) is 0 Å². The standard InChI is InChI=1S/C21H15Cl3FNO3/c1-3-26-10(2)17(13-6-5-12(22)9-14(13)23)20(27)18(21(28)29)19(26)11-4-7-16(25)15(24)8-11/h4-9H,3H2,1-2H3,(H,28,29). The van der Waals surface area contributed by atoms with Crippen LogP contribution in [0, 0.1) is 12.7 Å². The Morgan fingerprint density at radius 1 is 1.10 bits per heavy atom. The number of benzene rings is 2. The number of carbonyl (C=O) groups is 1. The Kier molecular flexibility index (Phi) is 6.03. The number of halogens is 4. The third-order valence-corrected chi connectivity index (χ3v) is 5.49. The average molecular weight is 455 g/mol. The van der Waals surface area contributed by atoms with Crippen LogP contribution < -0.4 is 5.43 Å². The molecule has 0 spiro atoms. The predicted molar refractivity (Wildman–Crippen MR) is 114 cm³/mol. The van der Waals surface area contributed by atoms with Crippen LogP contribution in [0.3, 0.4) is 0 Å². The van der Waals surface area contributed by atoms with Crippen molar-refractivity contribution in [3.05, 3.63) is 78.8 Å². The van der Waals surface area contributed by atoms with Crippen molar-refractivity contribution in [1.82, 2.24) is 4.57 Å². The topological polar surface area (TPSA) is 59.3 Å². The van der Waals surface area contributed by atoms with Gasteiger partial charge >= 0.3 is 5.97 Å². The molecule has 29 heavy (non-hydrogen) atoms. The van der Waals surface area contributed by atoms with Gasteiger partial charge < -0.3 is 9.67 Å². The van der Waals surface area contributed by atoms with Crippen LogP contribution in [0.5, 0.6) is 0 Å². The number of rotatable bonds is 4. The monoisotopic (exact) mass is 453 g/mol. The van der Waals surface area contributed by atoms with Gasteiger partial charge in [0.15, 0.2) is 0 Å². The zero-order chi connectivity index (χ0) is 21.5. The fourth-order valence-electron chi connectivity index (χ4n) is 3.38. The summed E-state index contributed by atoms with van der Waals surface area (Å²) >= 11 is 18.1. The molecule has 150 valence electrons. The zero-order valence-electron chi connectivity index (χ0n) is 15.4. The number of aromatic carboxylic acids is 1. The van der Waals surface area contributed by atoms with Gasteiger partial charge in [-0.05, 0) is 44.2 Å². The first-order chi connectivity index (χ1) is 13.7. The first-order valence-electron chi connectivity index (χ1n) is 8.58. The molecule has 3 rings (SSSR count). The number of carboxylic acid groups (broad SMARTS) is 1. The molecule has 0 unspecified atom stereocenters. The van der Waals surface area contributed by atoms with E-state index in [9.17, 15) is 19.1 Å². The van der Waals surface area contributed by atoms with E-state index < -0.39 is 22.8 Å². The summed E-state index contributed by atoms with van der Waals surface area (Å²) in [5, 5.41) is 10.3. The Labute approximate surface area is 181 Å². The number of hydrogen-bond donors (Lipinski definition) is 1. The summed E-state index contributed by atoms with van der Waals surface area (Å²) in [4.78, 5) is 25.4. The van der Waals surface area contributed by atoms with E-state index in [-0.39, 0.29) is 21.3 Å². The Bertz CT molecular complexity index is 1200. The van der Waals surface area contributed by atoms with Crippen LogP contribution in [0.15, 0.2) is 41.2 Å². The summed E-state index contributed by atoms with van der Waals surface area (Å²) in [5.74, 6) is -2.04. The van der Waals surface area contributed by atoms with Gasteiger partial charge in [0.1, 0.15) is 11.4 Å². The van der Waals surface area contributed by atoms with Crippen LogP contribution in [0.25, 0.3) is 22.4 Å². The van der Waals surface area contributed by atoms with Gasteiger partial charge in [0.2, 0.25) is 5.43 Å². The Morgan fingerprint density at radius 2 is 1.79 bits per heavy atom. The number of carboxylic acids is 1. The molecular formula is C21H15Cl3FNO3. The lowest BCUT2D eigenvalue weighted by Gasteiger charge is -2.21. The second-order valence-corrected chi connectivity index (χ2v) is 7.57. The highest BCUT2D eigenvalue weighted by Crippen LogP contribution is 2.34. The third kappa shape index (κ3) is 3.78. The first-order valence-corrected chi connectivity index (χ1v) is 9.72. The van der Waals surface area contributed by atoms with E-state index >= 15 is 0 Å². The maximum Gasteiger partial charge on any atom is 0.341 e. The fraction of sp³-hybridized carbons (Fsp3) is 0.143. The molecule has 3 aromatic rings. The van der Waals surface area contributed by atoms with Gasteiger partial charge in [0, 0.05) is 28.4 Å². The summed E-state index contributed by atoms with van der Waals surface area (Å²) in [6.07, 6.45) is 0. The van der Waals surface area contributed by atoms with Crippen LogP contribution in [-0.2, 0) is 6.54 Å². The van der Waals surface area contributed by atoms with Gasteiger partial charge in [-0.15, -0.1) is 0 Å². The summed E-state index contributed by atoms with van der Waals surface area (Å²) in [6, 6.07) is 8.47. The molecule has 0 aliphatic heterocycles. The summed E-state index contributed by atoms with van der Waals surface area (Å²) < 4.78 is 15.3. The third-order valence-electron chi connectivity index (χ3n) is 4.65. The quantitative estimate of drug-likeness (QED) is 0.502. The molecule has 0 aliphatic carbocycles. The van der Waals surface area contributed by atoms with Crippen molar-refractivity contribution in [2.75, 3.05) is 0 Å². The van der Waals surface area contributed by atoms with Crippen LogP contribution in [-0.4, -0.2) is 15.6 Å². The molecule has 1 N–H and O–H groups in total. The van der Waals surface area contributed by atoms with Crippen LogP contribution in [0.2, 0.25) is 15.1 Å². The molecule has 1 heterocycles. The lowest BCUT2D eigenvalue weighted by atomic mass is 9.96.